The fourth-order valence-electron chi connectivity index (χ4n) is 2.61. The number of anilines is 1. The van der Waals surface area contributed by atoms with Crippen molar-refractivity contribution in [2.75, 3.05) is 11.9 Å². The number of carbonyl (C=O) groups excluding carboxylic acids is 3. The predicted octanol–water partition coefficient (Wildman–Crippen LogP) is 3.87. The fourth-order valence-corrected chi connectivity index (χ4v) is 3.31. The molecule has 6 nitrogen and oxygen atoms in total. The van der Waals surface area contributed by atoms with Crippen LogP contribution in [0.1, 0.15) is 38.9 Å². The molecule has 1 N–H and O–H groups in total. The van der Waals surface area contributed by atoms with E-state index in [-0.39, 0.29) is 29.7 Å². The van der Waals surface area contributed by atoms with E-state index >= 15 is 0 Å². The topological polar surface area (TPSA) is 85.4 Å². The Morgan fingerprint density at radius 2 is 1.76 bits per heavy atom. The van der Waals surface area contributed by atoms with Crippen molar-refractivity contribution in [3.63, 3.8) is 0 Å². The van der Waals surface area contributed by atoms with Crippen LogP contribution in [0.15, 0.2) is 53.9 Å². The van der Waals surface area contributed by atoms with Crippen LogP contribution in [-0.2, 0) is 16.0 Å². The number of aromatic nitrogens is 1. The summed E-state index contributed by atoms with van der Waals surface area (Å²) in [5.41, 5.74) is 1.13. The summed E-state index contributed by atoms with van der Waals surface area (Å²) in [5, 5.41) is 4.60. The zero-order valence-corrected chi connectivity index (χ0v) is 16.3. The Morgan fingerprint density at radius 3 is 2.45 bits per heavy atom. The molecule has 0 radical (unpaired) electrons. The van der Waals surface area contributed by atoms with Crippen LogP contribution in [0.3, 0.4) is 0 Å². The average Bonchev–Trinajstić information content (AvgIpc) is 3.14. The van der Waals surface area contributed by atoms with Gasteiger partial charge in [-0.1, -0.05) is 18.2 Å². The summed E-state index contributed by atoms with van der Waals surface area (Å²) in [7, 11) is 0. The minimum absolute atomic E-state index is 0.0137. The Bertz CT molecular complexity index is 1050. The van der Waals surface area contributed by atoms with Gasteiger partial charge in [0, 0.05) is 16.5 Å². The third-order valence-electron chi connectivity index (χ3n) is 3.93. The Hall–Kier alpha value is -3.39. The number of ether oxygens (including phenoxy) is 1. The first-order valence-electron chi connectivity index (χ1n) is 8.78. The maximum absolute atomic E-state index is 13.1. The molecular formula is C21H17FN2O4S. The standard InChI is InChI=1S/C21H17FN2O4S/c1-2-28-18(25)11-15-12-29-21(23-15)24-20(27)17-6-4-3-5-16(17)19(26)13-7-9-14(22)10-8-13/h3-10,12H,2,11H2,1H3,(H,23,24,27). The number of thiazole rings is 1. The summed E-state index contributed by atoms with van der Waals surface area (Å²) in [6.45, 7) is 2.00. The maximum atomic E-state index is 13.1. The van der Waals surface area contributed by atoms with Gasteiger partial charge in [0.05, 0.1) is 24.3 Å². The number of benzene rings is 2. The average molecular weight is 412 g/mol. The first-order valence-corrected chi connectivity index (χ1v) is 9.66. The zero-order valence-electron chi connectivity index (χ0n) is 15.5. The molecule has 29 heavy (non-hydrogen) atoms. The number of esters is 1. The van der Waals surface area contributed by atoms with Crippen LogP contribution in [0.5, 0.6) is 0 Å². The fraction of sp³-hybridized carbons (Fsp3) is 0.143. The highest BCUT2D eigenvalue weighted by atomic mass is 32.1. The Kier molecular flexibility index (Phi) is 6.46. The molecule has 1 amide bonds. The minimum Gasteiger partial charge on any atom is -0.466 e. The van der Waals surface area contributed by atoms with Crippen molar-refractivity contribution in [1.29, 1.82) is 0 Å². The molecule has 148 valence electrons. The lowest BCUT2D eigenvalue weighted by Crippen LogP contribution is -2.17. The normalized spacial score (nSPS) is 10.4. The first-order chi connectivity index (χ1) is 14.0. The Balaban J connectivity index is 1.77. The quantitative estimate of drug-likeness (QED) is 0.470. The van der Waals surface area contributed by atoms with Gasteiger partial charge in [-0.2, -0.15) is 0 Å². The van der Waals surface area contributed by atoms with Crippen molar-refractivity contribution in [1.82, 2.24) is 4.98 Å². The monoisotopic (exact) mass is 412 g/mol. The van der Waals surface area contributed by atoms with Gasteiger partial charge >= 0.3 is 5.97 Å². The molecule has 0 saturated carbocycles. The van der Waals surface area contributed by atoms with Crippen molar-refractivity contribution in [2.24, 2.45) is 0 Å². The number of carbonyl (C=O) groups is 3. The van der Waals surface area contributed by atoms with E-state index in [4.69, 9.17) is 4.74 Å². The SMILES string of the molecule is CCOC(=O)Cc1csc(NC(=O)c2ccccc2C(=O)c2ccc(F)cc2)n1. The molecule has 0 bridgehead atoms. The second-order valence-corrected chi connectivity index (χ2v) is 6.82. The molecule has 1 heterocycles. The van der Waals surface area contributed by atoms with Crippen molar-refractivity contribution < 1.29 is 23.5 Å². The van der Waals surface area contributed by atoms with Crippen molar-refractivity contribution in [3.05, 3.63) is 82.1 Å². The molecule has 8 heteroatoms. The van der Waals surface area contributed by atoms with Gasteiger partial charge in [0.15, 0.2) is 10.9 Å². The molecule has 3 aromatic rings. The van der Waals surface area contributed by atoms with Gasteiger partial charge in [-0.15, -0.1) is 11.3 Å². The van der Waals surface area contributed by atoms with Gasteiger partial charge in [-0.3, -0.25) is 19.7 Å². The van der Waals surface area contributed by atoms with E-state index in [2.05, 4.69) is 10.3 Å². The summed E-state index contributed by atoms with van der Waals surface area (Å²) in [5.74, 6) is -1.74. The number of amides is 1. The largest absolute Gasteiger partial charge is 0.466 e. The lowest BCUT2D eigenvalue weighted by Gasteiger charge is -2.08. The zero-order chi connectivity index (χ0) is 20.8. The third kappa shape index (κ3) is 5.11. The number of hydrogen-bond acceptors (Lipinski definition) is 6. The van der Waals surface area contributed by atoms with Crippen LogP contribution in [0.25, 0.3) is 0 Å². The van der Waals surface area contributed by atoms with Gasteiger partial charge in [-0.05, 0) is 37.3 Å². The highest BCUT2D eigenvalue weighted by Gasteiger charge is 2.19. The van der Waals surface area contributed by atoms with Crippen molar-refractivity contribution in [2.45, 2.75) is 13.3 Å². The van der Waals surface area contributed by atoms with E-state index in [0.717, 1.165) is 0 Å². The summed E-state index contributed by atoms with van der Waals surface area (Å²) in [4.78, 5) is 41.2. The number of halogens is 1. The Morgan fingerprint density at radius 1 is 1.07 bits per heavy atom. The maximum Gasteiger partial charge on any atom is 0.311 e. The molecule has 0 spiro atoms. The summed E-state index contributed by atoms with van der Waals surface area (Å²) in [6, 6.07) is 11.5. The second-order valence-electron chi connectivity index (χ2n) is 5.96. The van der Waals surface area contributed by atoms with Crippen LogP contribution < -0.4 is 5.32 Å². The Labute approximate surface area is 170 Å². The molecule has 0 atom stereocenters. The first kappa shape index (κ1) is 20.3. The van der Waals surface area contributed by atoms with E-state index in [1.807, 2.05) is 0 Å². The highest BCUT2D eigenvalue weighted by Crippen LogP contribution is 2.20. The van der Waals surface area contributed by atoms with Crippen LogP contribution in [0.4, 0.5) is 9.52 Å². The lowest BCUT2D eigenvalue weighted by atomic mass is 9.98. The lowest BCUT2D eigenvalue weighted by molar-refractivity contribution is -0.142. The molecule has 1 aromatic heterocycles. The van der Waals surface area contributed by atoms with E-state index in [9.17, 15) is 18.8 Å². The van der Waals surface area contributed by atoms with Gasteiger partial charge in [0.2, 0.25) is 0 Å². The van der Waals surface area contributed by atoms with E-state index in [1.165, 1.54) is 47.7 Å². The number of rotatable bonds is 7. The summed E-state index contributed by atoms with van der Waals surface area (Å²) >= 11 is 1.17. The molecule has 0 aliphatic rings. The van der Waals surface area contributed by atoms with Gasteiger partial charge in [-0.25, -0.2) is 9.37 Å². The van der Waals surface area contributed by atoms with E-state index in [1.54, 1.807) is 24.4 Å². The minimum atomic E-state index is -0.506. The van der Waals surface area contributed by atoms with Crippen molar-refractivity contribution >= 4 is 34.1 Å². The van der Waals surface area contributed by atoms with Gasteiger partial charge < -0.3 is 4.74 Å². The van der Waals surface area contributed by atoms with E-state index < -0.39 is 23.5 Å². The summed E-state index contributed by atoms with van der Waals surface area (Å²) in [6.07, 6.45) is 0.0137. The second kappa shape index (κ2) is 9.20. The molecule has 0 aliphatic heterocycles. The molecule has 3 rings (SSSR count). The molecule has 0 unspecified atom stereocenters. The van der Waals surface area contributed by atoms with Crippen LogP contribution in [0.2, 0.25) is 0 Å². The van der Waals surface area contributed by atoms with Crippen LogP contribution in [-0.4, -0.2) is 29.3 Å². The highest BCUT2D eigenvalue weighted by molar-refractivity contribution is 7.14. The predicted molar refractivity (Wildman–Crippen MR) is 107 cm³/mol. The van der Waals surface area contributed by atoms with Gasteiger partial charge in [0.1, 0.15) is 5.82 Å². The molecule has 0 fully saturated rings. The molecular weight excluding hydrogens is 395 g/mol. The van der Waals surface area contributed by atoms with Gasteiger partial charge in [0.25, 0.3) is 5.91 Å². The number of nitrogens with zero attached hydrogens (tertiary/aromatic N) is 1. The number of nitrogens with one attached hydrogen (secondary N) is 1. The number of hydrogen-bond donors (Lipinski definition) is 1. The molecule has 0 saturated heterocycles. The molecule has 2 aromatic carbocycles. The van der Waals surface area contributed by atoms with Crippen LogP contribution >= 0.6 is 11.3 Å². The third-order valence-corrected chi connectivity index (χ3v) is 4.73. The smallest absolute Gasteiger partial charge is 0.311 e. The number of ketones is 1. The van der Waals surface area contributed by atoms with E-state index in [0.29, 0.717) is 10.8 Å². The van der Waals surface area contributed by atoms with Crippen LogP contribution in [0, 0.1) is 5.82 Å². The molecule has 0 aliphatic carbocycles. The van der Waals surface area contributed by atoms with Crippen molar-refractivity contribution in [3.8, 4) is 0 Å². The summed E-state index contributed by atoms with van der Waals surface area (Å²) < 4.78 is 18.0.